The van der Waals surface area contributed by atoms with Gasteiger partial charge < -0.3 is 0 Å². The summed E-state index contributed by atoms with van der Waals surface area (Å²) in [5.41, 5.74) is 0.280. The molecule has 0 aromatic heterocycles. The quantitative estimate of drug-likeness (QED) is 0.455. The van der Waals surface area contributed by atoms with Crippen molar-refractivity contribution >= 4 is 11.8 Å². The molecule has 0 radical (unpaired) electrons. The van der Waals surface area contributed by atoms with Crippen LogP contribution in [0.3, 0.4) is 0 Å². The number of nitrogens with zero attached hydrogens (tertiary/aromatic N) is 1. The van der Waals surface area contributed by atoms with Crippen molar-refractivity contribution in [1.82, 2.24) is 4.42 Å². The maximum absolute atomic E-state index is 5.64. The van der Waals surface area contributed by atoms with Crippen LogP contribution in [0.15, 0.2) is 12.3 Å². The van der Waals surface area contributed by atoms with Crippen molar-refractivity contribution in [3.8, 4) is 0 Å². The molecule has 0 unspecified atom stereocenters. The zero-order chi connectivity index (χ0) is 6.20. The Labute approximate surface area is 55.0 Å². The first-order valence-corrected chi connectivity index (χ1v) is 3.06. The van der Waals surface area contributed by atoms with Crippen LogP contribution < -0.4 is 0 Å². The van der Waals surface area contributed by atoms with E-state index in [9.17, 15) is 0 Å². The molecule has 1 rings (SSSR count). The highest BCUT2D eigenvalue weighted by molar-refractivity contribution is 6.14. The van der Waals surface area contributed by atoms with Gasteiger partial charge in [0.1, 0.15) is 0 Å². The molecule has 0 aromatic carbocycles. The van der Waals surface area contributed by atoms with Gasteiger partial charge in [0.25, 0.3) is 0 Å². The molecule has 46 valence electrons. The molecule has 2 heteroatoms. The highest BCUT2D eigenvalue weighted by atomic mass is 35.5. The van der Waals surface area contributed by atoms with Crippen molar-refractivity contribution in [1.29, 1.82) is 0 Å². The summed E-state index contributed by atoms with van der Waals surface area (Å²) < 4.78 is 1.68. The van der Waals surface area contributed by atoms with E-state index in [-0.39, 0.29) is 5.41 Å². The van der Waals surface area contributed by atoms with Gasteiger partial charge in [0.2, 0.25) is 0 Å². The number of hydrogen-bond donors (Lipinski definition) is 0. The Morgan fingerprint density at radius 3 is 2.38 bits per heavy atom. The predicted molar refractivity (Wildman–Crippen MR) is 35.5 cm³/mol. The Kier molecular flexibility index (Phi) is 1.24. The second-order valence-electron chi connectivity index (χ2n) is 2.86. The van der Waals surface area contributed by atoms with Gasteiger partial charge in [-0.2, -0.15) is 0 Å². The van der Waals surface area contributed by atoms with Gasteiger partial charge in [0.15, 0.2) is 0 Å². The molecule has 0 atom stereocenters. The van der Waals surface area contributed by atoms with E-state index >= 15 is 0 Å². The van der Waals surface area contributed by atoms with Gasteiger partial charge in [-0.3, -0.25) is 4.42 Å². The Morgan fingerprint density at radius 1 is 1.62 bits per heavy atom. The van der Waals surface area contributed by atoms with E-state index in [2.05, 4.69) is 19.9 Å². The lowest BCUT2D eigenvalue weighted by atomic mass is 9.96. The molecule has 0 bridgehead atoms. The van der Waals surface area contributed by atoms with E-state index in [4.69, 9.17) is 11.8 Å². The predicted octanol–water partition coefficient (Wildman–Crippen LogP) is 2.00. The molecule has 0 fully saturated rings. The van der Waals surface area contributed by atoms with Crippen LogP contribution in [-0.4, -0.2) is 11.0 Å². The van der Waals surface area contributed by atoms with Crippen LogP contribution in [0.25, 0.3) is 0 Å². The average molecular weight is 132 g/mol. The number of halogens is 1. The lowest BCUT2D eigenvalue weighted by molar-refractivity contribution is 0.428. The second-order valence-corrected chi connectivity index (χ2v) is 3.30. The minimum absolute atomic E-state index is 0.280. The van der Waals surface area contributed by atoms with Gasteiger partial charge in [-0.05, 0) is 0 Å². The van der Waals surface area contributed by atoms with Crippen molar-refractivity contribution in [2.45, 2.75) is 13.8 Å². The summed E-state index contributed by atoms with van der Waals surface area (Å²) >= 11 is 5.64. The summed E-state index contributed by atoms with van der Waals surface area (Å²) in [6.45, 7) is 5.24. The smallest absolute Gasteiger partial charge is 0.0428 e. The minimum Gasteiger partial charge on any atom is -0.292 e. The monoisotopic (exact) mass is 131 g/mol. The van der Waals surface area contributed by atoms with Gasteiger partial charge in [0, 0.05) is 29.9 Å². The van der Waals surface area contributed by atoms with E-state index in [0.29, 0.717) is 0 Å². The topological polar surface area (TPSA) is 3.24 Å². The third-order valence-corrected chi connectivity index (χ3v) is 1.48. The van der Waals surface area contributed by atoms with Crippen molar-refractivity contribution in [3.05, 3.63) is 12.3 Å². The van der Waals surface area contributed by atoms with Gasteiger partial charge in [-0.1, -0.05) is 19.9 Å². The number of hydrogen-bond acceptors (Lipinski definition) is 1. The zero-order valence-electron chi connectivity index (χ0n) is 5.19. The maximum atomic E-state index is 5.64. The Hall–Kier alpha value is -0.170. The largest absolute Gasteiger partial charge is 0.292 e. The highest BCUT2D eigenvalue weighted by Crippen LogP contribution is 2.25. The molecule has 0 aliphatic carbocycles. The summed E-state index contributed by atoms with van der Waals surface area (Å²) in [7, 11) is 0. The minimum atomic E-state index is 0.280. The molecule has 1 heterocycles. The molecule has 0 N–H and O–H groups in total. The highest BCUT2D eigenvalue weighted by Gasteiger charge is 2.21. The summed E-state index contributed by atoms with van der Waals surface area (Å²) in [5, 5.41) is 0. The van der Waals surface area contributed by atoms with Crippen molar-refractivity contribution < 1.29 is 0 Å². The normalized spacial score (nSPS) is 24.6. The molecule has 0 aromatic rings. The van der Waals surface area contributed by atoms with E-state index in [1.807, 2.05) is 6.20 Å². The summed E-state index contributed by atoms with van der Waals surface area (Å²) in [6, 6.07) is 0. The Bertz CT molecular complexity index is 118. The molecular formula is C6H10ClN. The van der Waals surface area contributed by atoms with E-state index in [0.717, 1.165) is 6.54 Å². The molecule has 1 aliphatic rings. The fraction of sp³-hybridized carbons (Fsp3) is 0.667. The standard InChI is InChI=1S/C6H10ClN/c1-6(2)3-4-8(7)5-6/h3-4H,5H2,1-2H3. The number of rotatable bonds is 0. The van der Waals surface area contributed by atoms with Crippen LogP contribution in [0.4, 0.5) is 0 Å². The first-order valence-electron chi connectivity index (χ1n) is 2.72. The van der Waals surface area contributed by atoms with Crippen molar-refractivity contribution in [3.63, 3.8) is 0 Å². The van der Waals surface area contributed by atoms with Crippen LogP contribution in [0.2, 0.25) is 0 Å². The van der Waals surface area contributed by atoms with Gasteiger partial charge in [0.05, 0.1) is 0 Å². The molecule has 0 saturated carbocycles. The van der Waals surface area contributed by atoms with Crippen LogP contribution >= 0.6 is 11.8 Å². The third-order valence-electron chi connectivity index (χ3n) is 1.25. The third kappa shape index (κ3) is 1.16. The average Bonchev–Trinajstić information content (AvgIpc) is 1.82. The summed E-state index contributed by atoms with van der Waals surface area (Å²) in [4.78, 5) is 0. The molecule has 0 spiro atoms. The van der Waals surface area contributed by atoms with Crippen LogP contribution in [0.5, 0.6) is 0 Å². The van der Waals surface area contributed by atoms with Gasteiger partial charge >= 0.3 is 0 Å². The fourth-order valence-electron chi connectivity index (χ4n) is 0.777. The van der Waals surface area contributed by atoms with Crippen LogP contribution in [0.1, 0.15) is 13.8 Å². The molecule has 0 amide bonds. The molecule has 0 saturated heterocycles. The van der Waals surface area contributed by atoms with Crippen LogP contribution in [-0.2, 0) is 0 Å². The molecule has 8 heavy (non-hydrogen) atoms. The summed E-state index contributed by atoms with van der Waals surface area (Å²) in [5.74, 6) is 0. The molecule has 1 nitrogen and oxygen atoms in total. The zero-order valence-corrected chi connectivity index (χ0v) is 5.94. The first-order chi connectivity index (χ1) is 3.60. The Balaban J connectivity index is 2.58. The van der Waals surface area contributed by atoms with Crippen molar-refractivity contribution in [2.75, 3.05) is 6.54 Å². The molecular weight excluding hydrogens is 122 g/mol. The maximum Gasteiger partial charge on any atom is 0.0428 e. The fourth-order valence-corrected chi connectivity index (χ4v) is 1.14. The SMILES string of the molecule is CC1(C)C=CN(Cl)C1. The molecule has 1 aliphatic heterocycles. The Morgan fingerprint density at radius 2 is 2.25 bits per heavy atom. The second kappa shape index (κ2) is 1.66. The van der Waals surface area contributed by atoms with E-state index in [1.165, 1.54) is 0 Å². The van der Waals surface area contributed by atoms with Gasteiger partial charge in [-0.25, -0.2) is 0 Å². The van der Waals surface area contributed by atoms with E-state index < -0.39 is 0 Å². The lowest BCUT2D eigenvalue weighted by Gasteiger charge is -2.14. The van der Waals surface area contributed by atoms with E-state index in [1.54, 1.807) is 4.42 Å². The first kappa shape index (κ1) is 5.96. The van der Waals surface area contributed by atoms with Gasteiger partial charge in [-0.15, -0.1) is 0 Å². The summed E-state index contributed by atoms with van der Waals surface area (Å²) in [6.07, 6.45) is 4.02. The lowest BCUT2D eigenvalue weighted by Crippen LogP contribution is -2.15. The van der Waals surface area contributed by atoms with Crippen LogP contribution in [0, 0.1) is 5.41 Å². The van der Waals surface area contributed by atoms with Crippen molar-refractivity contribution in [2.24, 2.45) is 5.41 Å².